The third-order valence-corrected chi connectivity index (χ3v) is 4.50. The molecule has 3 rings (SSSR count). The molecule has 1 N–H and O–H groups in total. The van der Waals surface area contributed by atoms with Crippen molar-refractivity contribution in [3.05, 3.63) is 65.7 Å². The molecule has 2 aromatic rings. The van der Waals surface area contributed by atoms with E-state index in [9.17, 15) is 4.79 Å². The Morgan fingerprint density at radius 3 is 2.43 bits per heavy atom. The largest absolute Gasteiger partial charge is 0.378 e. The maximum atomic E-state index is 12.4. The minimum Gasteiger partial charge on any atom is -0.378 e. The summed E-state index contributed by atoms with van der Waals surface area (Å²) in [5.74, 6) is 0.339. The maximum Gasteiger partial charge on any atom is 0.138 e. The van der Waals surface area contributed by atoms with Crippen LogP contribution in [0.4, 0.5) is 5.69 Å². The number of nitriles is 1. The second-order valence-electron chi connectivity index (χ2n) is 6.04. The van der Waals surface area contributed by atoms with Crippen molar-refractivity contribution in [1.82, 2.24) is 0 Å². The molecule has 0 bridgehead atoms. The Kier molecular flexibility index (Phi) is 4.73. The number of ketones is 1. The van der Waals surface area contributed by atoms with Gasteiger partial charge in [0.1, 0.15) is 5.78 Å². The highest BCUT2D eigenvalue weighted by molar-refractivity contribution is 5.83. The van der Waals surface area contributed by atoms with Crippen molar-refractivity contribution in [1.29, 1.82) is 5.26 Å². The molecule has 0 saturated heterocycles. The zero-order chi connectivity index (χ0) is 16.1. The van der Waals surface area contributed by atoms with E-state index in [0.717, 1.165) is 30.5 Å². The van der Waals surface area contributed by atoms with Crippen molar-refractivity contribution in [3.63, 3.8) is 0 Å². The number of hydrogen-bond donors (Lipinski definition) is 1. The second kappa shape index (κ2) is 7.11. The van der Waals surface area contributed by atoms with E-state index in [2.05, 4.69) is 11.4 Å². The Morgan fingerprint density at radius 2 is 1.78 bits per heavy atom. The van der Waals surface area contributed by atoms with Gasteiger partial charge in [0.25, 0.3) is 0 Å². The number of rotatable bonds is 4. The lowest BCUT2D eigenvalue weighted by Crippen LogP contribution is -2.30. The van der Waals surface area contributed by atoms with E-state index in [1.165, 1.54) is 0 Å². The fraction of sp³-hybridized carbons (Fsp3) is 0.300. The molecular weight excluding hydrogens is 284 g/mol. The minimum absolute atomic E-state index is 0.00288. The van der Waals surface area contributed by atoms with Gasteiger partial charge in [-0.05, 0) is 42.7 Å². The summed E-state index contributed by atoms with van der Waals surface area (Å²) >= 11 is 0. The molecule has 2 aromatic carbocycles. The van der Waals surface area contributed by atoms with Crippen LogP contribution in [0, 0.1) is 17.2 Å². The zero-order valence-electron chi connectivity index (χ0n) is 13.0. The monoisotopic (exact) mass is 304 g/mol. The lowest BCUT2D eigenvalue weighted by Gasteiger charge is -2.31. The number of benzene rings is 2. The van der Waals surface area contributed by atoms with Crippen molar-refractivity contribution in [2.24, 2.45) is 5.92 Å². The van der Waals surface area contributed by atoms with Gasteiger partial charge in [-0.1, -0.05) is 36.8 Å². The molecule has 1 saturated carbocycles. The number of nitrogens with zero attached hydrogens (tertiary/aromatic N) is 1. The van der Waals surface area contributed by atoms with E-state index in [4.69, 9.17) is 5.26 Å². The quantitative estimate of drug-likeness (QED) is 0.906. The SMILES string of the molecule is N#Cc1ccc([C@H](Nc2ccccc2)[C@H]2CCCCC2=O)cc1. The average Bonchev–Trinajstić information content (AvgIpc) is 2.61. The average molecular weight is 304 g/mol. The van der Waals surface area contributed by atoms with Gasteiger partial charge in [-0.3, -0.25) is 4.79 Å². The highest BCUT2D eigenvalue weighted by atomic mass is 16.1. The van der Waals surface area contributed by atoms with Crippen LogP contribution in [0.3, 0.4) is 0 Å². The fourth-order valence-electron chi connectivity index (χ4n) is 3.26. The van der Waals surface area contributed by atoms with Crippen molar-refractivity contribution >= 4 is 11.5 Å². The highest BCUT2D eigenvalue weighted by Gasteiger charge is 2.31. The molecule has 0 aliphatic heterocycles. The zero-order valence-corrected chi connectivity index (χ0v) is 13.0. The van der Waals surface area contributed by atoms with E-state index < -0.39 is 0 Å². The van der Waals surface area contributed by atoms with Crippen molar-refractivity contribution in [2.75, 3.05) is 5.32 Å². The van der Waals surface area contributed by atoms with Gasteiger partial charge in [-0.25, -0.2) is 0 Å². The van der Waals surface area contributed by atoms with E-state index in [1.807, 2.05) is 54.6 Å². The van der Waals surface area contributed by atoms with Crippen LogP contribution in [0.2, 0.25) is 0 Å². The van der Waals surface area contributed by atoms with E-state index in [0.29, 0.717) is 17.8 Å². The van der Waals surface area contributed by atoms with Gasteiger partial charge in [-0.15, -0.1) is 0 Å². The first-order valence-corrected chi connectivity index (χ1v) is 8.12. The van der Waals surface area contributed by atoms with Gasteiger partial charge in [0.2, 0.25) is 0 Å². The molecule has 0 heterocycles. The first kappa shape index (κ1) is 15.3. The van der Waals surface area contributed by atoms with Gasteiger partial charge >= 0.3 is 0 Å². The summed E-state index contributed by atoms with van der Waals surface area (Å²) in [7, 11) is 0. The lowest BCUT2D eigenvalue weighted by molar-refractivity contribution is -0.125. The molecule has 2 atom stereocenters. The molecule has 1 fully saturated rings. The number of carbonyl (C=O) groups excluding carboxylic acids is 1. The Morgan fingerprint density at radius 1 is 1.04 bits per heavy atom. The molecule has 0 amide bonds. The third kappa shape index (κ3) is 3.60. The molecule has 0 aromatic heterocycles. The standard InChI is InChI=1S/C20H20N2O/c21-14-15-10-12-16(13-11-15)20(18-8-4-5-9-19(18)23)22-17-6-2-1-3-7-17/h1-3,6-7,10-13,18,20,22H,4-5,8-9H2/t18-,20-/m0/s1. The Bertz CT molecular complexity index is 701. The Hall–Kier alpha value is -2.60. The van der Waals surface area contributed by atoms with Gasteiger partial charge < -0.3 is 5.32 Å². The number of anilines is 1. The van der Waals surface area contributed by atoms with Gasteiger partial charge in [0, 0.05) is 18.0 Å². The van der Waals surface area contributed by atoms with Crippen LogP contribution < -0.4 is 5.32 Å². The second-order valence-corrected chi connectivity index (χ2v) is 6.04. The van der Waals surface area contributed by atoms with Crippen molar-refractivity contribution in [2.45, 2.75) is 31.7 Å². The molecule has 23 heavy (non-hydrogen) atoms. The molecular formula is C20H20N2O. The van der Waals surface area contributed by atoms with Crippen LogP contribution >= 0.6 is 0 Å². The predicted octanol–water partition coefficient (Wildman–Crippen LogP) is 4.47. The lowest BCUT2D eigenvalue weighted by atomic mass is 9.80. The summed E-state index contributed by atoms with van der Waals surface area (Å²) in [5, 5.41) is 12.5. The normalized spacial score (nSPS) is 18.9. The van der Waals surface area contributed by atoms with E-state index >= 15 is 0 Å². The third-order valence-electron chi connectivity index (χ3n) is 4.50. The van der Waals surface area contributed by atoms with Crippen LogP contribution in [0.1, 0.15) is 42.9 Å². The summed E-state index contributed by atoms with van der Waals surface area (Å²) in [4.78, 5) is 12.4. The topological polar surface area (TPSA) is 52.9 Å². The summed E-state index contributed by atoms with van der Waals surface area (Å²) in [6, 6.07) is 19.7. The Balaban J connectivity index is 1.91. The molecule has 0 radical (unpaired) electrons. The smallest absolute Gasteiger partial charge is 0.138 e. The molecule has 3 heteroatoms. The predicted molar refractivity (Wildman–Crippen MR) is 90.9 cm³/mol. The number of hydrogen-bond acceptors (Lipinski definition) is 3. The summed E-state index contributed by atoms with van der Waals surface area (Å²) in [6.45, 7) is 0. The van der Waals surface area contributed by atoms with Gasteiger partial charge in [-0.2, -0.15) is 5.26 Å². The van der Waals surface area contributed by atoms with Crippen LogP contribution in [0.25, 0.3) is 0 Å². The van der Waals surface area contributed by atoms with Crippen LogP contribution in [-0.2, 0) is 4.79 Å². The summed E-state index contributed by atoms with van der Waals surface area (Å²) < 4.78 is 0. The van der Waals surface area contributed by atoms with Crippen LogP contribution in [0.15, 0.2) is 54.6 Å². The van der Waals surface area contributed by atoms with Crippen molar-refractivity contribution < 1.29 is 4.79 Å². The first-order chi connectivity index (χ1) is 11.3. The molecule has 0 spiro atoms. The number of Topliss-reactive ketones (excluding diaryl/α,β-unsaturated/α-hetero) is 1. The van der Waals surface area contributed by atoms with E-state index in [-0.39, 0.29) is 12.0 Å². The summed E-state index contributed by atoms with van der Waals surface area (Å²) in [6.07, 6.45) is 3.69. The van der Waals surface area contributed by atoms with E-state index in [1.54, 1.807) is 0 Å². The Labute approximate surface area is 137 Å². The van der Waals surface area contributed by atoms with Crippen LogP contribution in [0.5, 0.6) is 0 Å². The molecule has 1 aliphatic carbocycles. The fourth-order valence-corrected chi connectivity index (χ4v) is 3.26. The maximum absolute atomic E-state index is 12.4. The highest BCUT2D eigenvalue weighted by Crippen LogP contribution is 2.34. The summed E-state index contributed by atoms with van der Waals surface area (Å²) in [5.41, 5.74) is 2.72. The molecule has 3 nitrogen and oxygen atoms in total. The number of nitrogens with one attached hydrogen (secondary N) is 1. The van der Waals surface area contributed by atoms with Gasteiger partial charge in [0.05, 0.1) is 17.7 Å². The number of carbonyl (C=O) groups is 1. The number of para-hydroxylation sites is 1. The van der Waals surface area contributed by atoms with Crippen molar-refractivity contribution in [3.8, 4) is 6.07 Å². The minimum atomic E-state index is -0.0436. The molecule has 0 unspecified atom stereocenters. The van der Waals surface area contributed by atoms with Crippen LogP contribution in [-0.4, -0.2) is 5.78 Å². The molecule has 1 aliphatic rings. The van der Waals surface area contributed by atoms with Gasteiger partial charge in [0.15, 0.2) is 0 Å². The first-order valence-electron chi connectivity index (χ1n) is 8.12. The molecule has 116 valence electrons.